The fourth-order valence-electron chi connectivity index (χ4n) is 1.00. The Morgan fingerprint density at radius 1 is 1.50 bits per heavy atom. The molecule has 80 valence electrons. The second-order valence-corrected chi connectivity index (χ2v) is 3.37. The van der Waals surface area contributed by atoms with Crippen LogP contribution in [0.5, 0.6) is 0 Å². The van der Waals surface area contributed by atoms with E-state index < -0.39 is 0 Å². The molecular weight excluding hydrogens is 217 g/mol. The molecule has 3 nitrogen and oxygen atoms in total. The van der Waals surface area contributed by atoms with E-state index in [1.165, 1.54) is 7.11 Å². The zero-order valence-corrected chi connectivity index (χ0v) is 10.4. The van der Waals surface area contributed by atoms with Crippen molar-refractivity contribution in [3.8, 4) is 0 Å². The van der Waals surface area contributed by atoms with Crippen LogP contribution < -0.4 is 24.2 Å². The predicted octanol–water partition coefficient (Wildman–Crippen LogP) is -1.32. The summed E-state index contributed by atoms with van der Waals surface area (Å²) < 4.78 is 4.69. The number of rotatable bonds is 1. The second-order valence-electron chi connectivity index (χ2n) is 3.00. The number of nitrogens with one attached hydrogen (secondary N) is 1. The summed E-state index contributed by atoms with van der Waals surface area (Å²) in [5.41, 5.74) is 0.544. The number of carbonyl (C=O) groups excluding carboxylic acids is 1. The molecule has 0 fully saturated rings. The molecular formula is C11H12LiNO2S. The maximum atomic E-state index is 11.6. The molecule has 0 spiro atoms. The Kier molecular flexibility index (Phi) is 6.90. The molecule has 0 aromatic heterocycles. The van der Waals surface area contributed by atoms with Crippen LogP contribution in [0.1, 0.15) is 6.92 Å². The van der Waals surface area contributed by atoms with Crippen molar-refractivity contribution in [3.63, 3.8) is 0 Å². The summed E-state index contributed by atoms with van der Waals surface area (Å²) in [6, 6.07) is 0. The molecule has 0 radical (unpaired) electrons. The van der Waals surface area contributed by atoms with Gasteiger partial charge < -0.3 is 4.74 Å². The molecule has 0 aliphatic heterocycles. The molecule has 0 heterocycles. The number of thiocarbonyl (C=S) groups is 1. The minimum atomic E-state index is -0.266. The average Bonchev–Trinajstić information content (AvgIpc) is 2.42. The molecule has 16 heavy (non-hydrogen) atoms. The van der Waals surface area contributed by atoms with E-state index in [9.17, 15) is 4.79 Å². The van der Waals surface area contributed by atoms with Gasteiger partial charge in [0.1, 0.15) is 0 Å². The third-order valence-electron chi connectivity index (χ3n) is 1.82. The number of hydrogen-bond donors (Lipinski definition) is 1. The molecule has 5 heteroatoms. The maximum Gasteiger partial charge on any atom is 1.00 e. The first-order chi connectivity index (χ1) is 7.13. The van der Waals surface area contributed by atoms with Crippen molar-refractivity contribution in [3.05, 3.63) is 41.9 Å². The Bertz CT molecular complexity index is 361. The van der Waals surface area contributed by atoms with Gasteiger partial charge in [-0.2, -0.15) is 24.1 Å². The van der Waals surface area contributed by atoms with Gasteiger partial charge in [-0.1, -0.05) is 6.92 Å². The van der Waals surface area contributed by atoms with E-state index in [2.05, 4.69) is 10.1 Å². The van der Waals surface area contributed by atoms with Crippen LogP contribution in [0.3, 0.4) is 0 Å². The van der Waals surface area contributed by atoms with Crippen LogP contribution in [0, 0.1) is 5.92 Å². The van der Waals surface area contributed by atoms with Crippen LogP contribution in [-0.4, -0.2) is 18.2 Å². The van der Waals surface area contributed by atoms with Gasteiger partial charge in [0.2, 0.25) is 5.91 Å². The van der Waals surface area contributed by atoms with Crippen LogP contribution in [0.25, 0.3) is 0 Å². The zero-order valence-electron chi connectivity index (χ0n) is 9.61. The van der Waals surface area contributed by atoms with Crippen LogP contribution in [0.2, 0.25) is 0 Å². The molecule has 0 saturated heterocycles. The molecule has 1 rings (SSSR count). The van der Waals surface area contributed by atoms with Crippen LogP contribution >= 0.6 is 12.2 Å². The standard InChI is InChI=1S/C11H12NO2S.Li/c1-8-4-3-5-9(7-6-8)10(13)12-11(15)14-2;/h3-7H,1-2H3,(H,12,13,15);/q-1;+1. The summed E-state index contributed by atoms with van der Waals surface area (Å²) in [6.45, 7) is 1.96. The monoisotopic (exact) mass is 229 g/mol. The van der Waals surface area contributed by atoms with Crippen molar-refractivity contribution in [2.75, 3.05) is 7.11 Å². The van der Waals surface area contributed by atoms with Gasteiger partial charge in [-0.05, 0) is 17.8 Å². The third kappa shape index (κ3) is 4.71. The number of hydrogen-bond acceptors (Lipinski definition) is 3. The van der Waals surface area contributed by atoms with E-state index in [4.69, 9.17) is 12.2 Å². The van der Waals surface area contributed by atoms with Crippen molar-refractivity contribution in [1.82, 2.24) is 5.32 Å². The zero-order chi connectivity index (χ0) is 11.3. The van der Waals surface area contributed by atoms with Gasteiger partial charge in [0.05, 0.1) is 7.11 Å². The predicted molar refractivity (Wildman–Crippen MR) is 63.0 cm³/mol. The van der Waals surface area contributed by atoms with Gasteiger partial charge in [-0.15, -0.1) is 12.2 Å². The van der Waals surface area contributed by atoms with Crippen molar-refractivity contribution >= 4 is 23.3 Å². The normalized spacial score (nSPS) is 13.4. The minimum absolute atomic E-state index is 0. The van der Waals surface area contributed by atoms with Crippen LogP contribution in [-0.2, 0) is 9.53 Å². The van der Waals surface area contributed by atoms with E-state index in [1.54, 1.807) is 12.2 Å². The Morgan fingerprint density at radius 3 is 2.81 bits per heavy atom. The van der Waals surface area contributed by atoms with Crippen molar-refractivity contribution < 1.29 is 28.4 Å². The van der Waals surface area contributed by atoms with Crippen molar-refractivity contribution in [2.45, 2.75) is 6.92 Å². The number of carbonyl (C=O) groups is 1. The molecule has 1 amide bonds. The summed E-state index contributed by atoms with van der Waals surface area (Å²) in [4.78, 5) is 11.6. The molecule has 0 bridgehead atoms. The Balaban J connectivity index is 0.00000225. The van der Waals surface area contributed by atoms with Gasteiger partial charge in [0.15, 0.2) is 0 Å². The van der Waals surface area contributed by atoms with E-state index in [0.29, 0.717) is 5.57 Å². The van der Waals surface area contributed by atoms with Gasteiger partial charge in [0, 0.05) is 0 Å². The van der Waals surface area contributed by atoms with Crippen molar-refractivity contribution in [1.29, 1.82) is 0 Å². The van der Waals surface area contributed by atoms with Crippen LogP contribution in [0.15, 0.2) is 36.0 Å². The van der Waals surface area contributed by atoms with E-state index in [-0.39, 0.29) is 29.9 Å². The van der Waals surface area contributed by atoms with E-state index in [1.807, 2.05) is 25.2 Å². The quantitative estimate of drug-likeness (QED) is 0.344. The summed E-state index contributed by atoms with van der Waals surface area (Å²) >= 11 is 4.73. The first-order valence-corrected chi connectivity index (χ1v) is 4.83. The van der Waals surface area contributed by atoms with Gasteiger partial charge in [0.25, 0.3) is 5.17 Å². The Hall–Kier alpha value is -0.953. The van der Waals surface area contributed by atoms with Crippen LogP contribution in [0.4, 0.5) is 0 Å². The summed E-state index contributed by atoms with van der Waals surface area (Å²) in [6.07, 6.45) is 9.07. The summed E-state index contributed by atoms with van der Waals surface area (Å²) in [5, 5.41) is 2.52. The number of ether oxygens (including phenoxy) is 1. The SMILES string of the molecule is COC(=S)NC(=O)C1=CC=C[C-](C)C=C1.[Li+]. The topological polar surface area (TPSA) is 38.3 Å². The number of methoxy groups -OCH3 is 1. The first kappa shape index (κ1) is 15.0. The largest absolute Gasteiger partial charge is 1.00 e. The summed E-state index contributed by atoms with van der Waals surface area (Å²) in [5.74, 6) is 0.820. The van der Waals surface area contributed by atoms with Gasteiger partial charge in [-0.3, -0.25) is 10.1 Å². The molecule has 1 aliphatic carbocycles. The van der Waals surface area contributed by atoms with Crippen molar-refractivity contribution in [2.24, 2.45) is 0 Å². The third-order valence-corrected chi connectivity index (χ3v) is 2.09. The number of amides is 1. The molecule has 0 aromatic carbocycles. The maximum absolute atomic E-state index is 11.6. The van der Waals surface area contributed by atoms with E-state index >= 15 is 0 Å². The molecule has 0 aromatic rings. The second kappa shape index (κ2) is 7.34. The summed E-state index contributed by atoms with van der Waals surface area (Å²) in [7, 11) is 1.41. The fraction of sp³-hybridized carbons (Fsp3) is 0.182. The molecule has 1 N–H and O–H groups in total. The molecule has 0 atom stereocenters. The van der Waals surface area contributed by atoms with E-state index in [0.717, 1.165) is 5.92 Å². The Labute approximate surface area is 113 Å². The molecule has 1 aliphatic rings. The van der Waals surface area contributed by atoms with Gasteiger partial charge >= 0.3 is 18.9 Å². The first-order valence-electron chi connectivity index (χ1n) is 4.43. The van der Waals surface area contributed by atoms with Gasteiger partial charge in [-0.25, -0.2) is 0 Å². The minimum Gasteiger partial charge on any atom is -0.474 e. The fourth-order valence-corrected chi connectivity index (χ4v) is 1.10. The average molecular weight is 229 g/mol. The molecule has 0 unspecified atom stereocenters. The smallest absolute Gasteiger partial charge is 0.474 e. The molecule has 0 saturated carbocycles. The Morgan fingerprint density at radius 2 is 2.19 bits per heavy atom. The number of allylic oxidation sites excluding steroid dienone is 4.